The molecule has 0 amide bonds. The predicted molar refractivity (Wildman–Crippen MR) is 90.8 cm³/mol. The molecule has 0 aliphatic rings. The Hall–Kier alpha value is -1.33. The van der Waals surface area contributed by atoms with E-state index in [2.05, 4.69) is 10.6 Å². The Labute approximate surface area is 136 Å². The molecule has 1 rings (SSSR count). The molecule has 1 aromatic carbocycles. The van der Waals surface area contributed by atoms with E-state index >= 15 is 0 Å². The monoisotopic (exact) mass is 328 g/mol. The van der Waals surface area contributed by atoms with Gasteiger partial charge in [-0.15, -0.1) is 0 Å². The highest BCUT2D eigenvalue weighted by atomic mass is 35.5. The summed E-state index contributed by atoms with van der Waals surface area (Å²) < 4.78 is 5.22. The van der Waals surface area contributed by atoms with Gasteiger partial charge < -0.3 is 15.4 Å². The first-order valence-electron chi connectivity index (χ1n) is 6.78. The van der Waals surface area contributed by atoms with Crippen molar-refractivity contribution in [3.05, 3.63) is 29.3 Å². The highest BCUT2D eigenvalue weighted by molar-refractivity contribution is 7.80. The van der Waals surface area contributed by atoms with E-state index in [9.17, 15) is 4.79 Å². The minimum atomic E-state index is -0.437. The quantitative estimate of drug-likeness (QED) is 0.490. The summed E-state index contributed by atoms with van der Waals surface area (Å²) >= 11 is 11.1. The van der Waals surface area contributed by atoms with Crippen molar-refractivity contribution in [2.45, 2.75) is 39.2 Å². The zero-order chi connectivity index (χ0) is 15.9. The molecule has 0 heterocycles. The Balaban J connectivity index is 2.21. The number of anilines is 1. The van der Waals surface area contributed by atoms with Crippen LogP contribution in [0.25, 0.3) is 0 Å². The first-order valence-corrected chi connectivity index (χ1v) is 7.57. The topological polar surface area (TPSA) is 50.4 Å². The lowest BCUT2D eigenvalue weighted by molar-refractivity contribution is -0.154. The van der Waals surface area contributed by atoms with Gasteiger partial charge in [-0.2, -0.15) is 0 Å². The summed E-state index contributed by atoms with van der Waals surface area (Å²) in [5, 5.41) is 7.21. The summed E-state index contributed by atoms with van der Waals surface area (Å²) in [6.07, 6.45) is 1.02. The lowest BCUT2D eigenvalue weighted by Gasteiger charge is -2.19. The summed E-state index contributed by atoms with van der Waals surface area (Å²) in [7, 11) is 0. The molecule has 0 aliphatic heterocycles. The van der Waals surface area contributed by atoms with Crippen molar-refractivity contribution in [1.82, 2.24) is 5.32 Å². The third-order valence-corrected chi connectivity index (χ3v) is 2.83. The van der Waals surface area contributed by atoms with Gasteiger partial charge in [0.25, 0.3) is 0 Å². The number of hydrogen-bond donors (Lipinski definition) is 2. The lowest BCUT2D eigenvalue weighted by atomic mass is 10.2. The van der Waals surface area contributed by atoms with Crippen molar-refractivity contribution >= 4 is 40.6 Å². The van der Waals surface area contributed by atoms with Crippen molar-refractivity contribution in [2.24, 2.45) is 0 Å². The highest BCUT2D eigenvalue weighted by Gasteiger charge is 2.15. The van der Waals surface area contributed by atoms with Crippen LogP contribution in [0.4, 0.5) is 5.69 Å². The first-order chi connectivity index (χ1) is 9.76. The number of carbonyl (C=O) groups is 1. The van der Waals surface area contributed by atoms with Crippen LogP contribution in [0.1, 0.15) is 33.6 Å². The fourth-order valence-corrected chi connectivity index (χ4v) is 1.98. The molecular weight excluding hydrogens is 308 g/mol. The van der Waals surface area contributed by atoms with Crippen LogP contribution in [0, 0.1) is 0 Å². The van der Waals surface area contributed by atoms with Gasteiger partial charge in [0.05, 0.1) is 0 Å². The third kappa shape index (κ3) is 8.52. The molecule has 0 atom stereocenters. The molecule has 0 radical (unpaired) electrons. The Bertz CT molecular complexity index is 501. The summed E-state index contributed by atoms with van der Waals surface area (Å²) in [6, 6.07) is 7.30. The van der Waals surface area contributed by atoms with E-state index in [1.165, 1.54) is 0 Å². The molecule has 0 saturated carbocycles. The van der Waals surface area contributed by atoms with Crippen LogP contribution >= 0.6 is 23.8 Å². The molecule has 2 N–H and O–H groups in total. The van der Waals surface area contributed by atoms with E-state index in [1.54, 1.807) is 12.1 Å². The second kappa shape index (κ2) is 8.20. The van der Waals surface area contributed by atoms with Crippen LogP contribution in [0.5, 0.6) is 0 Å². The van der Waals surface area contributed by atoms with Gasteiger partial charge >= 0.3 is 5.97 Å². The van der Waals surface area contributed by atoms with Gasteiger partial charge in [-0.25, -0.2) is 0 Å². The van der Waals surface area contributed by atoms with Gasteiger partial charge in [0.2, 0.25) is 0 Å². The Morgan fingerprint density at radius 1 is 1.38 bits per heavy atom. The van der Waals surface area contributed by atoms with E-state index < -0.39 is 5.60 Å². The summed E-state index contributed by atoms with van der Waals surface area (Å²) in [6.45, 7) is 6.17. The van der Waals surface area contributed by atoms with Crippen molar-refractivity contribution in [3.8, 4) is 0 Å². The van der Waals surface area contributed by atoms with Gasteiger partial charge in [0.15, 0.2) is 5.11 Å². The zero-order valence-corrected chi connectivity index (χ0v) is 14.1. The van der Waals surface area contributed by atoms with Gasteiger partial charge in [0, 0.05) is 23.7 Å². The van der Waals surface area contributed by atoms with Crippen LogP contribution in [0.2, 0.25) is 5.02 Å². The number of rotatable bonds is 5. The largest absolute Gasteiger partial charge is 0.460 e. The Kier molecular flexibility index (Phi) is 6.92. The Morgan fingerprint density at radius 2 is 2.10 bits per heavy atom. The number of thiocarbonyl (C=S) groups is 1. The standard InChI is InChI=1S/C15H21ClN2O2S/c1-15(2,3)20-13(19)8-5-9-17-14(21)18-12-7-4-6-11(16)10-12/h4,6-7,10H,5,8-9H2,1-3H3,(H2,17,18,21). The van der Waals surface area contributed by atoms with Crippen LogP contribution < -0.4 is 10.6 Å². The molecule has 0 unspecified atom stereocenters. The molecule has 0 aliphatic carbocycles. The molecule has 1 aromatic rings. The van der Waals surface area contributed by atoms with Crippen LogP contribution in [0.3, 0.4) is 0 Å². The second-order valence-corrected chi connectivity index (χ2v) is 6.43. The van der Waals surface area contributed by atoms with E-state index in [0.29, 0.717) is 29.5 Å². The second-order valence-electron chi connectivity index (χ2n) is 5.58. The molecule has 0 fully saturated rings. The lowest BCUT2D eigenvalue weighted by Crippen LogP contribution is -2.30. The van der Waals surface area contributed by atoms with Gasteiger partial charge in [-0.3, -0.25) is 4.79 Å². The smallest absolute Gasteiger partial charge is 0.306 e. The van der Waals surface area contributed by atoms with Crippen LogP contribution in [-0.4, -0.2) is 23.2 Å². The number of benzene rings is 1. The molecule has 0 aromatic heterocycles. The predicted octanol–water partition coefficient (Wildman–Crippen LogP) is 3.75. The number of hydrogen-bond acceptors (Lipinski definition) is 3. The number of halogens is 1. The first kappa shape index (κ1) is 17.7. The summed E-state index contributed by atoms with van der Waals surface area (Å²) in [4.78, 5) is 11.5. The van der Waals surface area contributed by atoms with Crippen LogP contribution in [0.15, 0.2) is 24.3 Å². The molecule has 21 heavy (non-hydrogen) atoms. The molecule has 4 nitrogen and oxygen atoms in total. The molecule has 116 valence electrons. The summed E-state index contributed by atoms with van der Waals surface area (Å²) in [5.41, 5.74) is 0.389. The highest BCUT2D eigenvalue weighted by Crippen LogP contribution is 2.14. The zero-order valence-electron chi connectivity index (χ0n) is 12.5. The average molecular weight is 329 g/mol. The van der Waals surface area contributed by atoms with E-state index in [1.807, 2.05) is 32.9 Å². The van der Waals surface area contributed by atoms with Gasteiger partial charge in [-0.05, 0) is 57.6 Å². The number of nitrogens with one attached hydrogen (secondary N) is 2. The molecule has 0 saturated heterocycles. The number of ether oxygens (including phenoxy) is 1. The van der Waals surface area contributed by atoms with Crippen molar-refractivity contribution in [2.75, 3.05) is 11.9 Å². The van der Waals surface area contributed by atoms with Crippen molar-refractivity contribution in [1.29, 1.82) is 0 Å². The fourth-order valence-electron chi connectivity index (χ4n) is 1.57. The molecule has 0 bridgehead atoms. The number of esters is 1. The summed E-state index contributed by atoms with van der Waals surface area (Å²) in [5.74, 6) is -0.196. The van der Waals surface area contributed by atoms with E-state index in [0.717, 1.165) is 5.69 Å². The van der Waals surface area contributed by atoms with Gasteiger partial charge in [0.1, 0.15) is 5.60 Å². The molecule has 6 heteroatoms. The molecule has 0 spiro atoms. The van der Waals surface area contributed by atoms with E-state index in [-0.39, 0.29) is 5.97 Å². The van der Waals surface area contributed by atoms with Crippen molar-refractivity contribution in [3.63, 3.8) is 0 Å². The minimum Gasteiger partial charge on any atom is -0.460 e. The van der Waals surface area contributed by atoms with Gasteiger partial charge in [-0.1, -0.05) is 17.7 Å². The maximum Gasteiger partial charge on any atom is 0.306 e. The van der Waals surface area contributed by atoms with Crippen LogP contribution in [-0.2, 0) is 9.53 Å². The maximum absolute atomic E-state index is 11.5. The van der Waals surface area contributed by atoms with Crippen molar-refractivity contribution < 1.29 is 9.53 Å². The molecular formula is C15H21ClN2O2S. The SMILES string of the molecule is CC(C)(C)OC(=O)CCCNC(=S)Nc1cccc(Cl)c1. The van der Waals surface area contributed by atoms with E-state index in [4.69, 9.17) is 28.6 Å². The third-order valence-electron chi connectivity index (χ3n) is 2.35. The number of carbonyl (C=O) groups excluding carboxylic acids is 1. The Morgan fingerprint density at radius 3 is 2.71 bits per heavy atom. The normalized spacial score (nSPS) is 10.9. The fraction of sp³-hybridized carbons (Fsp3) is 0.467. The average Bonchev–Trinajstić information content (AvgIpc) is 2.32. The minimum absolute atomic E-state index is 0.196. The maximum atomic E-state index is 11.5.